The predicted molar refractivity (Wildman–Crippen MR) is 92.7 cm³/mol. The summed E-state index contributed by atoms with van der Waals surface area (Å²) >= 11 is 1.65. The minimum absolute atomic E-state index is 0.0658. The Bertz CT molecular complexity index is 820. The molecule has 1 saturated heterocycles. The van der Waals surface area contributed by atoms with E-state index in [1.165, 1.54) is 0 Å². The molecular formula is C18H16N2O2S. The average molecular weight is 324 g/mol. The van der Waals surface area contributed by atoms with Crippen molar-refractivity contribution in [2.75, 3.05) is 11.9 Å². The molecule has 0 unspecified atom stereocenters. The number of hydrogen-bond donors (Lipinski definition) is 1. The average Bonchev–Trinajstić information content (AvgIpc) is 3.24. The molecule has 3 aromatic rings. The number of nitrogens with zero attached hydrogens (tertiary/aromatic N) is 1. The number of nitrogens with one attached hydrogen (secondary N) is 1. The quantitative estimate of drug-likeness (QED) is 0.790. The Morgan fingerprint density at radius 1 is 1.22 bits per heavy atom. The van der Waals surface area contributed by atoms with Gasteiger partial charge < -0.3 is 10.1 Å². The van der Waals surface area contributed by atoms with E-state index in [1.807, 2.05) is 42.5 Å². The Balaban J connectivity index is 1.59. The Kier molecular flexibility index (Phi) is 3.81. The van der Waals surface area contributed by atoms with Gasteiger partial charge in [0.05, 0.1) is 10.2 Å². The first kappa shape index (κ1) is 14.4. The predicted octanol–water partition coefficient (Wildman–Crippen LogP) is 4.08. The van der Waals surface area contributed by atoms with Crippen LogP contribution in [-0.4, -0.2) is 23.6 Å². The van der Waals surface area contributed by atoms with Crippen LogP contribution < -0.4 is 5.32 Å². The number of amides is 1. The third-order valence-corrected chi connectivity index (χ3v) is 4.98. The highest BCUT2D eigenvalue weighted by Gasteiger charge is 2.23. The van der Waals surface area contributed by atoms with Crippen molar-refractivity contribution in [3.05, 3.63) is 48.5 Å². The van der Waals surface area contributed by atoms with Crippen molar-refractivity contribution >= 4 is 33.1 Å². The first-order valence-electron chi connectivity index (χ1n) is 7.68. The van der Waals surface area contributed by atoms with E-state index in [1.54, 1.807) is 11.3 Å². The van der Waals surface area contributed by atoms with E-state index in [2.05, 4.69) is 16.4 Å². The number of thiazole rings is 1. The molecule has 4 nitrogen and oxygen atoms in total. The molecule has 23 heavy (non-hydrogen) atoms. The van der Waals surface area contributed by atoms with Crippen molar-refractivity contribution in [1.82, 2.24) is 4.98 Å². The van der Waals surface area contributed by atoms with Gasteiger partial charge in [-0.05, 0) is 37.1 Å². The smallest absolute Gasteiger partial charge is 0.253 e. The number of para-hydroxylation sites is 1. The standard InChI is InChI=1S/C18H16N2O2S/c21-17(15-8-4-10-22-15)19-13-6-3-5-12(11-13)18-20-14-7-1-2-9-16(14)23-18/h1-3,5-7,9,11,15H,4,8,10H2,(H,19,21)/t15-/m0/s1. The fourth-order valence-corrected chi connectivity index (χ4v) is 3.69. The fourth-order valence-electron chi connectivity index (χ4n) is 2.73. The number of fused-ring (bicyclic) bond motifs is 1. The highest BCUT2D eigenvalue weighted by atomic mass is 32.1. The molecule has 116 valence electrons. The first-order chi connectivity index (χ1) is 11.3. The molecule has 0 saturated carbocycles. The van der Waals surface area contributed by atoms with Gasteiger partial charge in [-0.3, -0.25) is 4.79 Å². The largest absolute Gasteiger partial charge is 0.368 e. The molecule has 1 N–H and O–H groups in total. The van der Waals surface area contributed by atoms with Gasteiger partial charge in [-0.2, -0.15) is 0 Å². The highest BCUT2D eigenvalue weighted by Crippen LogP contribution is 2.31. The third-order valence-electron chi connectivity index (χ3n) is 3.89. The summed E-state index contributed by atoms with van der Waals surface area (Å²) in [5, 5.41) is 3.90. The van der Waals surface area contributed by atoms with Crippen LogP contribution in [0.4, 0.5) is 5.69 Å². The maximum Gasteiger partial charge on any atom is 0.253 e. The number of rotatable bonds is 3. The number of benzene rings is 2. The van der Waals surface area contributed by atoms with Gasteiger partial charge in [0.25, 0.3) is 5.91 Å². The maximum absolute atomic E-state index is 12.2. The van der Waals surface area contributed by atoms with Crippen LogP contribution >= 0.6 is 11.3 Å². The van der Waals surface area contributed by atoms with Crippen molar-refractivity contribution in [2.45, 2.75) is 18.9 Å². The zero-order valence-corrected chi connectivity index (χ0v) is 13.3. The maximum atomic E-state index is 12.2. The van der Waals surface area contributed by atoms with E-state index < -0.39 is 0 Å². The van der Waals surface area contributed by atoms with E-state index in [0.29, 0.717) is 6.61 Å². The second kappa shape index (κ2) is 6.10. The second-order valence-electron chi connectivity index (χ2n) is 5.56. The molecule has 0 radical (unpaired) electrons. The molecule has 4 rings (SSSR count). The first-order valence-corrected chi connectivity index (χ1v) is 8.50. The SMILES string of the molecule is O=C(Nc1cccc(-c2nc3ccccc3s2)c1)[C@@H]1CCCO1. The van der Waals surface area contributed by atoms with Gasteiger partial charge in [-0.15, -0.1) is 11.3 Å². The van der Waals surface area contributed by atoms with Crippen molar-refractivity contribution in [3.8, 4) is 10.6 Å². The van der Waals surface area contributed by atoms with Gasteiger partial charge in [0.1, 0.15) is 11.1 Å². The molecule has 2 aromatic carbocycles. The lowest BCUT2D eigenvalue weighted by atomic mass is 10.2. The number of anilines is 1. The van der Waals surface area contributed by atoms with Crippen molar-refractivity contribution in [2.24, 2.45) is 0 Å². The number of hydrogen-bond acceptors (Lipinski definition) is 4. The lowest BCUT2D eigenvalue weighted by molar-refractivity contribution is -0.124. The summed E-state index contributed by atoms with van der Waals surface area (Å²) in [5.74, 6) is -0.0658. The Hall–Kier alpha value is -2.24. The van der Waals surface area contributed by atoms with Gasteiger partial charge in [-0.1, -0.05) is 24.3 Å². The zero-order chi connectivity index (χ0) is 15.6. The monoisotopic (exact) mass is 324 g/mol. The second-order valence-corrected chi connectivity index (χ2v) is 6.59. The Morgan fingerprint density at radius 3 is 2.96 bits per heavy atom. The minimum atomic E-state index is -0.318. The molecule has 1 aliphatic rings. The van der Waals surface area contributed by atoms with Gasteiger partial charge >= 0.3 is 0 Å². The van der Waals surface area contributed by atoms with E-state index >= 15 is 0 Å². The van der Waals surface area contributed by atoms with Crippen LogP contribution in [0.2, 0.25) is 0 Å². The van der Waals surface area contributed by atoms with Crippen LogP contribution in [0.5, 0.6) is 0 Å². The summed E-state index contributed by atoms with van der Waals surface area (Å²) in [6.07, 6.45) is 1.42. The topological polar surface area (TPSA) is 51.2 Å². The lowest BCUT2D eigenvalue weighted by Gasteiger charge is -2.10. The molecule has 1 atom stereocenters. The van der Waals surface area contributed by atoms with Gasteiger partial charge in [0, 0.05) is 17.9 Å². The van der Waals surface area contributed by atoms with Gasteiger partial charge in [0.2, 0.25) is 0 Å². The Labute approximate surface area is 138 Å². The van der Waals surface area contributed by atoms with E-state index in [4.69, 9.17) is 4.74 Å². The molecular weight excluding hydrogens is 308 g/mol. The number of carbonyl (C=O) groups is 1. The fraction of sp³-hybridized carbons (Fsp3) is 0.222. The van der Waals surface area contributed by atoms with E-state index in [9.17, 15) is 4.79 Å². The number of aromatic nitrogens is 1. The normalized spacial score (nSPS) is 17.5. The molecule has 1 amide bonds. The summed E-state index contributed by atoms with van der Waals surface area (Å²) in [6, 6.07) is 15.9. The van der Waals surface area contributed by atoms with Crippen LogP contribution in [-0.2, 0) is 9.53 Å². The van der Waals surface area contributed by atoms with Crippen LogP contribution in [0, 0.1) is 0 Å². The molecule has 0 spiro atoms. The van der Waals surface area contributed by atoms with Crippen molar-refractivity contribution in [1.29, 1.82) is 0 Å². The molecule has 0 bridgehead atoms. The molecule has 1 fully saturated rings. The summed E-state index contributed by atoms with van der Waals surface area (Å²) in [5.41, 5.74) is 2.79. The van der Waals surface area contributed by atoms with E-state index in [-0.39, 0.29) is 12.0 Å². The lowest BCUT2D eigenvalue weighted by Crippen LogP contribution is -2.26. The molecule has 2 heterocycles. The third kappa shape index (κ3) is 2.98. The van der Waals surface area contributed by atoms with E-state index in [0.717, 1.165) is 39.3 Å². The van der Waals surface area contributed by atoms with Crippen molar-refractivity contribution in [3.63, 3.8) is 0 Å². The summed E-state index contributed by atoms with van der Waals surface area (Å²) in [7, 11) is 0. The summed E-state index contributed by atoms with van der Waals surface area (Å²) < 4.78 is 6.58. The van der Waals surface area contributed by atoms with Gasteiger partial charge in [-0.25, -0.2) is 4.98 Å². The van der Waals surface area contributed by atoms with Crippen molar-refractivity contribution < 1.29 is 9.53 Å². The molecule has 5 heteroatoms. The number of carbonyl (C=O) groups excluding carboxylic acids is 1. The summed E-state index contributed by atoms with van der Waals surface area (Å²) in [4.78, 5) is 16.8. The van der Waals surface area contributed by atoms with Crippen LogP contribution in [0.1, 0.15) is 12.8 Å². The minimum Gasteiger partial charge on any atom is -0.368 e. The molecule has 1 aliphatic heterocycles. The molecule has 0 aliphatic carbocycles. The number of ether oxygens (including phenoxy) is 1. The highest BCUT2D eigenvalue weighted by molar-refractivity contribution is 7.21. The molecule has 1 aromatic heterocycles. The summed E-state index contributed by atoms with van der Waals surface area (Å²) in [6.45, 7) is 0.670. The van der Waals surface area contributed by atoms with Crippen LogP contribution in [0.3, 0.4) is 0 Å². The van der Waals surface area contributed by atoms with Crippen LogP contribution in [0.25, 0.3) is 20.8 Å². The van der Waals surface area contributed by atoms with Gasteiger partial charge in [0.15, 0.2) is 0 Å². The van der Waals surface area contributed by atoms with Crippen LogP contribution in [0.15, 0.2) is 48.5 Å². The Morgan fingerprint density at radius 2 is 2.13 bits per heavy atom. The zero-order valence-electron chi connectivity index (χ0n) is 12.5.